The fourth-order valence-corrected chi connectivity index (χ4v) is 2.37. The summed E-state index contributed by atoms with van der Waals surface area (Å²) in [4.78, 5) is 14.4. The highest BCUT2D eigenvalue weighted by atomic mass is 19.1. The van der Waals surface area contributed by atoms with Gasteiger partial charge in [0.1, 0.15) is 5.82 Å². The van der Waals surface area contributed by atoms with Crippen molar-refractivity contribution in [2.75, 3.05) is 39.3 Å². The molecule has 1 heterocycles. The Kier molecular flexibility index (Phi) is 5.49. The molecule has 1 aromatic carbocycles. The molecule has 2 N–H and O–H groups in total. The Hall–Kier alpha value is -1.46. The molecule has 0 aliphatic carbocycles. The van der Waals surface area contributed by atoms with E-state index in [1.807, 2.05) is 6.92 Å². The van der Waals surface area contributed by atoms with E-state index in [9.17, 15) is 9.18 Å². The number of rotatable bonds is 5. The number of piperazine rings is 1. The van der Waals surface area contributed by atoms with Crippen LogP contribution in [0.5, 0.6) is 0 Å². The van der Waals surface area contributed by atoms with Crippen LogP contribution in [0.4, 0.5) is 4.39 Å². The zero-order valence-corrected chi connectivity index (χ0v) is 11.9. The van der Waals surface area contributed by atoms with Crippen LogP contribution in [0.25, 0.3) is 0 Å². The molecule has 1 saturated heterocycles. The molecule has 20 heavy (non-hydrogen) atoms. The third kappa shape index (κ3) is 4.28. The van der Waals surface area contributed by atoms with Crippen molar-refractivity contribution < 1.29 is 9.18 Å². The van der Waals surface area contributed by atoms with E-state index >= 15 is 0 Å². The summed E-state index contributed by atoms with van der Waals surface area (Å²) in [5, 5.41) is 6.17. The van der Waals surface area contributed by atoms with Crippen molar-refractivity contribution in [3.63, 3.8) is 0 Å². The largest absolute Gasteiger partial charge is 0.352 e. The van der Waals surface area contributed by atoms with Gasteiger partial charge in [0, 0.05) is 38.3 Å². The highest BCUT2D eigenvalue weighted by Gasteiger charge is 2.11. The van der Waals surface area contributed by atoms with Crippen molar-refractivity contribution >= 4 is 5.91 Å². The number of nitrogens with zero attached hydrogens (tertiary/aromatic N) is 1. The average molecular weight is 279 g/mol. The maximum Gasteiger partial charge on any atom is 0.251 e. The normalized spacial score (nSPS) is 16.1. The Morgan fingerprint density at radius 2 is 2.15 bits per heavy atom. The van der Waals surface area contributed by atoms with E-state index < -0.39 is 0 Å². The second-order valence-electron chi connectivity index (χ2n) is 5.16. The van der Waals surface area contributed by atoms with Crippen LogP contribution in [0.1, 0.15) is 22.3 Å². The fraction of sp³-hybridized carbons (Fsp3) is 0.533. The minimum Gasteiger partial charge on any atom is -0.352 e. The first-order valence-electron chi connectivity index (χ1n) is 7.14. The van der Waals surface area contributed by atoms with Crippen molar-refractivity contribution in [3.05, 3.63) is 35.1 Å². The second kappa shape index (κ2) is 7.36. The summed E-state index contributed by atoms with van der Waals surface area (Å²) in [5.41, 5.74) is 1.22. The molecular formula is C15H22FN3O. The zero-order valence-electron chi connectivity index (χ0n) is 11.9. The summed E-state index contributed by atoms with van der Waals surface area (Å²) in [6, 6.07) is 4.29. The van der Waals surface area contributed by atoms with Gasteiger partial charge in [0.05, 0.1) is 0 Å². The maximum absolute atomic E-state index is 13.1. The van der Waals surface area contributed by atoms with Gasteiger partial charge in [-0.2, -0.15) is 0 Å². The molecule has 0 spiro atoms. The molecule has 1 aromatic rings. The topological polar surface area (TPSA) is 44.4 Å². The predicted octanol–water partition coefficient (Wildman–Crippen LogP) is 1.16. The number of benzene rings is 1. The zero-order chi connectivity index (χ0) is 14.4. The Balaban J connectivity index is 1.73. The number of nitrogens with one attached hydrogen (secondary N) is 2. The van der Waals surface area contributed by atoms with Gasteiger partial charge in [0.2, 0.25) is 0 Å². The molecule has 4 nitrogen and oxygen atoms in total. The van der Waals surface area contributed by atoms with E-state index in [0.717, 1.165) is 44.7 Å². The monoisotopic (exact) mass is 279 g/mol. The van der Waals surface area contributed by atoms with Crippen molar-refractivity contribution in [2.24, 2.45) is 0 Å². The maximum atomic E-state index is 13.1. The van der Waals surface area contributed by atoms with Crippen LogP contribution in [-0.4, -0.2) is 50.1 Å². The molecule has 0 saturated carbocycles. The molecule has 110 valence electrons. The van der Waals surface area contributed by atoms with Crippen LogP contribution < -0.4 is 10.6 Å². The summed E-state index contributed by atoms with van der Waals surface area (Å²) in [5.74, 6) is -0.566. The third-order valence-corrected chi connectivity index (χ3v) is 3.59. The van der Waals surface area contributed by atoms with Crippen LogP contribution in [0.2, 0.25) is 0 Å². The van der Waals surface area contributed by atoms with Crippen LogP contribution in [0.3, 0.4) is 0 Å². The number of halogens is 1. The van der Waals surface area contributed by atoms with E-state index in [4.69, 9.17) is 0 Å². The third-order valence-electron chi connectivity index (χ3n) is 3.59. The van der Waals surface area contributed by atoms with Gasteiger partial charge in [0.15, 0.2) is 0 Å². The van der Waals surface area contributed by atoms with Gasteiger partial charge >= 0.3 is 0 Å². The first-order valence-corrected chi connectivity index (χ1v) is 7.14. The van der Waals surface area contributed by atoms with Crippen molar-refractivity contribution in [1.29, 1.82) is 0 Å². The number of hydrogen-bond acceptors (Lipinski definition) is 3. The summed E-state index contributed by atoms with van der Waals surface area (Å²) in [7, 11) is 0. The van der Waals surface area contributed by atoms with E-state index in [1.165, 1.54) is 12.1 Å². The fourth-order valence-electron chi connectivity index (χ4n) is 2.37. The molecule has 1 amide bonds. The summed E-state index contributed by atoms with van der Waals surface area (Å²) >= 11 is 0. The molecule has 0 unspecified atom stereocenters. The first kappa shape index (κ1) is 14.9. The highest BCUT2D eigenvalue weighted by Crippen LogP contribution is 2.09. The van der Waals surface area contributed by atoms with E-state index in [1.54, 1.807) is 6.07 Å². The van der Waals surface area contributed by atoms with E-state index in [2.05, 4.69) is 15.5 Å². The molecule has 0 bridgehead atoms. The van der Waals surface area contributed by atoms with Crippen molar-refractivity contribution in [2.45, 2.75) is 13.3 Å². The predicted molar refractivity (Wildman–Crippen MR) is 77.4 cm³/mol. The van der Waals surface area contributed by atoms with Crippen molar-refractivity contribution in [3.8, 4) is 0 Å². The molecule has 2 rings (SSSR count). The van der Waals surface area contributed by atoms with Gasteiger partial charge < -0.3 is 15.5 Å². The lowest BCUT2D eigenvalue weighted by atomic mass is 10.1. The summed E-state index contributed by atoms with van der Waals surface area (Å²) in [6.45, 7) is 7.63. The Bertz CT molecular complexity index is 458. The van der Waals surface area contributed by atoms with Crippen LogP contribution >= 0.6 is 0 Å². The number of aryl methyl sites for hydroxylation is 1. The van der Waals surface area contributed by atoms with Crippen LogP contribution in [0.15, 0.2) is 18.2 Å². The molecule has 1 fully saturated rings. The van der Waals surface area contributed by atoms with Gasteiger partial charge in [-0.1, -0.05) is 6.07 Å². The molecule has 5 heteroatoms. The number of carbonyl (C=O) groups is 1. The standard InChI is InChI=1S/C15H22FN3O/c1-12-3-4-13(16)11-14(12)15(20)18-5-2-8-19-9-6-17-7-10-19/h3-4,11,17H,2,5-10H2,1H3,(H,18,20). The summed E-state index contributed by atoms with van der Waals surface area (Å²) in [6.07, 6.45) is 0.917. The molecular weight excluding hydrogens is 257 g/mol. The van der Waals surface area contributed by atoms with Crippen LogP contribution in [0, 0.1) is 12.7 Å². The lowest BCUT2D eigenvalue weighted by Gasteiger charge is -2.27. The molecule has 0 radical (unpaired) electrons. The van der Waals surface area contributed by atoms with Gasteiger partial charge in [0.25, 0.3) is 5.91 Å². The molecule has 0 atom stereocenters. The number of hydrogen-bond donors (Lipinski definition) is 2. The SMILES string of the molecule is Cc1ccc(F)cc1C(=O)NCCCN1CCNCC1. The minimum absolute atomic E-state index is 0.192. The smallest absolute Gasteiger partial charge is 0.251 e. The van der Waals surface area contributed by atoms with Crippen LogP contribution in [-0.2, 0) is 0 Å². The number of carbonyl (C=O) groups excluding carboxylic acids is 1. The average Bonchev–Trinajstić information content (AvgIpc) is 2.47. The van der Waals surface area contributed by atoms with E-state index in [0.29, 0.717) is 12.1 Å². The van der Waals surface area contributed by atoms with Crippen molar-refractivity contribution in [1.82, 2.24) is 15.5 Å². The van der Waals surface area contributed by atoms with Gasteiger partial charge in [-0.3, -0.25) is 4.79 Å². The first-order chi connectivity index (χ1) is 9.66. The lowest BCUT2D eigenvalue weighted by Crippen LogP contribution is -2.44. The Morgan fingerprint density at radius 3 is 2.90 bits per heavy atom. The van der Waals surface area contributed by atoms with Gasteiger partial charge in [-0.05, 0) is 37.6 Å². The summed E-state index contributed by atoms with van der Waals surface area (Å²) < 4.78 is 13.1. The Morgan fingerprint density at radius 1 is 1.40 bits per heavy atom. The highest BCUT2D eigenvalue weighted by molar-refractivity contribution is 5.95. The lowest BCUT2D eigenvalue weighted by molar-refractivity contribution is 0.0950. The number of amides is 1. The van der Waals surface area contributed by atoms with E-state index in [-0.39, 0.29) is 11.7 Å². The minimum atomic E-state index is -0.374. The Labute approximate surface area is 119 Å². The molecule has 1 aliphatic heterocycles. The van der Waals surface area contributed by atoms with Gasteiger partial charge in [-0.15, -0.1) is 0 Å². The second-order valence-corrected chi connectivity index (χ2v) is 5.16. The van der Waals surface area contributed by atoms with Gasteiger partial charge in [-0.25, -0.2) is 4.39 Å². The quantitative estimate of drug-likeness (QED) is 0.795. The molecule has 1 aliphatic rings. The molecule has 0 aromatic heterocycles.